The number of carbonyl (C=O) groups is 1. The summed E-state index contributed by atoms with van der Waals surface area (Å²) in [5.41, 5.74) is 1.76. The van der Waals surface area contributed by atoms with Crippen LogP contribution in [0.5, 0.6) is 0 Å². The molecule has 3 heterocycles. The summed E-state index contributed by atoms with van der Waals surface area (Å²) in [4.78, 5) is 27.0. The lowest BCUT2D eigenvalue weighted by molar-refractivity contribution is 0.0531. The molecule has 3 aromatic heterocycles. The zero-order valence-electron chi connectivity index (χ0n) is 14.7. The van der Waals surface area contributed by atoms with Crippen molar-refractivity contribution in [3.05, 3.63) is 46.4 Å². The average molecular weight is 356 g/mol. The van der Waals surface area contributed by atoms with Crippen molar-refractivity contribution in [3.8, 4) is 0 Å². The highest BCUT2D eigenvalue weighted by Crippen LogP contribution is 2.35. The van der Waals surface area contributed by atoms with Crippen molar-refractivity contribution in [2.24, 2.45) is 0 Å². The SMILES string of the molecule is CCOC(=O)c1sc2nc(C)nc(NC(C)c3ccccn3)c2c1C. The molecular weight excluding hydrogens is 336 g/mol. The number of anilines is 1. The number of fused-ring (bicyclic) bond motifs is 1. The summed E-state index contributed by atoms with van der Waals surface area (Å²) in [5, 5.41) is 4.27. The molecule has 0 radical (unpaired) electrons. The van der Waals surface area contributed by atoms with Gasteiger partial charge in [-0.25, -0.2) is 14.8 Å². The minimum atomic E-state index is -0.315. The van der Waals surface area contributed by atoms with Gasteiger partial charge in [-0.2, -0.15) is 0 Å². The quantitative estimate of drug-likeness (QED) is 0.695. The Hall–Kier alpha value is -2.54. The van der Waals surface area contributed by atoms with E-state index in [0.29, 0.717) is 23.1 Å². The number of carbonyl (C=O) groups excluding carboxylic acids is 1. The Labute approximate surface area is 150 Å². The van der Waals surface area contributed by atoms with E-state index in [-0.39, 0.29) is 12.0 Å². The molecule has 1 atom stereocenters. The molecule has 0 bridgehead atoms. The van der Waals surface area contributed by atoms with Crippen LogP contribution in [-0.2, 0) is 4.74 Å². The van der Waals surface area contributed by atoms with Crippen LogP contribution < -0.4 is 5.32 Å². The first-order chi connectivity index (χ1) is 12.0. The van der Waals surface area contributed by atoms with Gasteiger partial charge in [0.05, 0.1) is 23.7 Å². The number of hydrogen-bond donors (Lipinski definition) is 1. The summed E-state index contributed by atoms with van der Waals surface area (Å²) in [6.45, 7) is 7.92. The fourth-order valence-corrected chi connectivity index (χ4v) is 3.77. The fraction of sp³-hybridized carbons (Fsp3) is 0.333. The normalized spacial score (nSPS) is 12.2. The maximum absolute atomic E-state index is 12.2. The number of thiophene rings is 1. The van der Waals surface area contributed by atoms with Crippen molar-refractivity contribution in [2.45, 2.75) is 33.7 Å². The smallest absolute Gasteiger partial charge is 0.348 e. The molecule has 7 heteroatoms. The monoisotopic (exact) mass is 356 g/mol. The number of esters is 1. The predicted octanol–water partition coefficient (Wildman–Crippen LogP) is 4.05. The summed E-state index contributed by atoms with van der Waals surface area (Å²) >= 11 is 1.34. The van der Waals surface area contributed by atoms with Crippen LogP contribution in [0.3, 0.4) is 0 Å². The molecule has 0 spiro atoms. The van der Waals surface area contributed by atoms with Gasteiger partial charge in [-0.3, -0.25) is 4.98 Å². The van der Waals surface area contributed by atoms with Gasteiger partial charge in [0.2, 0.25) is 0 Å². The summed E-state index contributed by atoms with van der Waals surface area (Å²) < 4.78 is 5.15. The van der Waals surface area contributed by atoms with Crippen molar-refractivity contribution < 1.29 is 9.53 Å². The second-order valence-electron chi connectivity index (χ2n) is 5.70. The lowest BCUT2D eigenvalue weighted by atomic mass is 10.1. The lowest BCUT2D eigenvalue weighted by Crippen LogP contribution is -2.10. The third-order valence-corrected chi connectivity index (χ3v) is 5.01. The minimum absolute atomic E-state index is 0.0240. The maximum atomic E-state index is 12.2. The first-order valence-corrected chi connectivity index (χ1v) is 8.95. The van der Waals surface area contributed by atoms with Crippen molar-refractivity contribution in [1.29, 1.82) is 0 Å². The number of pyridine rings is 1. The van der Waals surface area contributed by atoms with Crippen LogP contribution in [0.1, 0.15) is 46.6 Å². The summed E-state index contributed by atoms with van der Waals surface area (Å²) in [5.74, 6) is 1.05. The Morgan fingerprint density at radius 2 is 2.12 bits per heavy atom. The van der Waals surface area contributed by atoms with E-state index in [1.165, 1.54) is 11.3 Å². The highest BCUT2D eigenvalue weighted by molar-refractivity contribution is 7.20. The van der Waals surface area contributed by atoms with Gasteiger partial charge < -0.3 is 10.1 Å². The van der Waals surface area contributed by atoms with Crippen LogP contribution >= 0.6 is 11.3 Å². The largest absolute Gasteiger partial charge is 0.462 e. The Morgan fingerprint density at radius 3 is 2.80 bits per heavy atom. The van der Waals surface area contributed by atoms with Gasteiger partial charge >= 0.3 is 5.97 Å². The molecule has 0 amide bonds. The number of ether oxygens (including phenoxy) is 1. The second-order valence-corrected chi connectivity index (χ2v) is 6.70. The molecule has 1 N–H and O–H groups in total. The molecule has 130 valence electrons. The molecule has 0 aliphatic rings. The number of rotatable bonds is 5. The van der Waals surface area contributed by atoms with Gasteiger partial charge in [0.1, 0.15) is 21.3 Å². The van der Waals surface area contributed by atoms with Crippen LogP contribution in [0.15, 0.2) is 24.4 Å². The first-order valence-electron chi connectivity index (χ1n) is 8.13. The van der Waals surface area contributed by atoms with Gasteiger partial charge in [-0.1, -0.05) is 6.07 Å². The zero-order valence-corrected chi connectivity index (χ0v) is 15.5. The topological polar surface area (TPSA) is 77.0 Å². The molecule has 0 aliphatic heterocycles. The highest BCUT2D eigenvalue weighted by atomic mass is 32.1. The summed E-state index contributed by atoms with van der Waals surface area (Å²) in [6, 6.07) is 5.78. The van der Waals surface area contributed by atoms with Crippen LogP contribution in [0.2, 0.25) is 0 Å². The summed E-state index contributed by atoms with van der Waals surface area (Å²) in [6.07, 6.45) is 1.77. The average Bonchev–Trinajstić information content (AvgIpc) is 2.92. The lowest BCUT2D eigenvalue weighted by Gasteiger charge is -2.15. The third-order valence-electron chi connectivity index (χ3n) is 3.85. The van der Waals surface area contributed by atoms with Gasteiger partial charge in [-0.15, -0.1) is 11.3 Å². The Balaban J connectivity index is 2.04. The number of aromatic nitrogens is 3. The van der Waals surface area contributed by atoms with Gasteiger partial charge in [-0.05, 0) is 45.4 Å². The molecule has 3 rings (SSSR count). The zero-order chi connectivity index (χ0) is 18.0. The molecule has 3 aromatic rings. The van der Waals surface area contributed by atoms with Crippen molar-refractivity contribution in [2.75, 3.05) is 11.9 Å². The number of nitrogens with zero attached hydrogens (tertiary/aromatic N) is 3. The third kappa shape index (κ3) is 3.46. The van der Waals surface area contributed by atoms with Crippen molar-refractivity contribution >= 4 is 33.3 Å². The van der Waals surface area contributed by atoms with Gasteiger partial charge in [0.25, 0.3) is 0 Å². The molecule has 6 nitrogen and oxygen atoms in total. The van der Waals surface area contributed by atoms with E-state index in [1.807, 2.05) is 39.0 Å². The van der Waals surface area contributed by atoms with Gasteiger partial charge in [0.15, 0.2) is 0 Å². The molecule has 1 unspecified atom stereocenters. The molecule has 25 heavy (non-hydrogen) atoms. The minimum Gasteiger partial charge on any atom is -0.462 e. The van der Waals surface area contributed by atoms with Crippen LogP contribution in [0.25, 0.3) is 10.2 Å². The Kier molecular flexibility index (Phi) is 4.94. The Morgan fingerprint density at radius 1 is 1.32 bits per heavy atom. The number of hydrogen-bond acceptors (Lipinski definition) is 7. The molecular formula is C18H20N4O2S. The van der Waals surface area contributed by atoms with Crippen LogP contribution in [-0.4, -0.2) is 27.5 Å². The standard InChI is InChI=1S/C18H20N4O2S/c1-5-24-18(23)15-10(2)14-16(21-12(4)22-17(14)25-15)20-11(3)13-8-6-7-9-19-13/h6-9,11H,5H2,1-4H3,(H,20,21,22). The molecule has 0 fully saturated rings. The number of nitrogens with one attached hydrogen (secondary N) is 1. The maximum Gasteiger partial charge on any atom is 0.348 e. The van der Waals surface area contributed by atoms with Crippen LogP contribution in [0.4, 0.5) is 5.82 Å². The highest BCUT2D eigenvalue weighted by Gasteiger charge is 2.21. The van der Waals surface area contributed by atoms with Crippen molar-refractivity contribution in [1.82, 2.24) is 15.0 Å². The Bertz CT molecular complexity index is 908. The van der Waals surface area contributed by atoms with Crippen LogP contribution in [0, 0.1) is 13.8 Å². The fourth-order valence-electron chi connectivity index (χ4n) is 2.65. The van der Waals surface area contributed by atoms with E-state index >= 15 is 0 Å². The molecule has 0 aromatic carbocycles. The van der Waals surface area contributed by atoms with Crippen molar-refractivity contribution in [3.63, 3.8) is 0 Å². The molecule has 0 saturated heterocycles. The van der Waals surface area contributed by atoms with E-state index in [2.05, 4.69) is 20.3 Å². The second kappa shape index (κ2) is 7.14. The van der Waals surface area contributed by atoms with E-state index in [0.717, 1.165) is 21.5 Å². The van der Waals surface area contributed by atoms with Gasteiger partial charge in [0, 0.05) is 6.20 Å². The summed E-state index contributed by atoms with van der Waals surface area (Å²) in [7, 11) is 0. The van der Waals surface area contributed by atoms with E-state index in [9.17, 15) is 4.79 Å². The predicted molar refractivity (Wildman–Crippen MR) is 99.1 cm³/mol. The van der Waals surface area contributed by atoms with E-state index in [4.69, 9.17) is 4.74 Å². The molecule has 0 saturated carbocycles. The number of aryl methyl sites for hydroxylation is 2. The van der Waals surface area contributed by atoms with E-state index < -0.39 is 0 Å². The molecule has 0 aliphatic carbocycles. The van der Waals surface area contributed by atoms with E-state index in [1.54, 1.807) is 13.1 Å². The first kappa shape index (κ1) is 17.3.